The number of nitrogens with two attached hydrogens (primary N) is 1. The van der Waals surface area contributed by atoms with E-state index in [4.69, 9.17) is 15.8 Å². The molecule has 1 aliphatic rings. The van der Waals surface area contributed by atoms with Crippen LogP contribution >= 0.6 is 0 Å². The molecule has 1 rings (SSSR count). The van der Waals surface area contributed by atoms with Gasteiger partial charge in [-0.25, -0.2) is 0 Å². The third-order valence-corrected chi connectivity index (χ3v) is 4.64. The van der Waals surface area contributed by atoms with Crippen molar-refractivity contribution in [1.82, 2.24) is 10.6 Å². The van der Waals surface area contributed by atoms with Crippen LogP contribution in [0.2, 0.25) is 6.32 Å². The molecular weight excluding hydrogens is 313 g/mol. The minimum Gasteiger partial charge on any atom is -0.480 e. The van der Waals surface area contributed by atoms with Gasteiger partial charge in [-0.05, 0) is 38.0 Å². The second-order valence-corrected chi connectivity index (χ2v) is 7.01. The molecular formula is C15H30BN3O5. The molecule has 1 saturated heterocycles. The Hall–Kier alpha value is -1.16. The van der Waals surface area contributed by atoms with E-state index in [0.717, 1.165) is 0 Å². The predicted molar refractivity (Wildman–Crippen MR) is 91.2 cm³/mol. The standard InChI is InChI=1S/C15H30BN3O5/c1-10(2)12(17)13(20)19-11-5-8-18-15(9-11,14(21)22)6-3-4-7-16(23)24/h10-12,18,23-24H,3-9,17H2,1-2H3,(H,19,20)(H,21,22)/t11-,12+,15+/m0/s1. The van der Waals surface area contributed by atoms with Gasteiger partial charge in [0.25, 0.3) is 0 Å². The van der Waals surface area contributed by atoms with E-state index in [2.05, 4.69) is 10.6 Å². The summed E-state index contributed by atoms with van der Waals surface area (Å²) in [7, 11) is -1.37. The molecule has 1 fully saturated rings. The van der Waals surface area contributed by atoms with E-state index in [1.807, 2.05) is 13.8 Å². The summed E-state index contributed by atoms with van der Waals surface area (Å²) in [6.07, 6.45) is 2.63. The van der Waals surface area contributed by atoms with Crippen LogP contribution in [-0.4, -0.2) is 58.3 Å². The fourth-order valence-corrected chi connectivity index (χ4v) is 3.02. The van der Waals surface area contributed by atoms with Crippen LogP contribution in [0.3, 0.4) is 0 Å². The molecule has 0 saturated carbocycles. The lowest BCUT2D eigenvalue weighted by Crippen LogP contribution is -2.61. The fourth-order valence-electron chi connectivity index (χ4n) is 3.02. The van der Waals surface area contributed by atoms with Gasteiger partial charge in [-0.3, -0.25) is 9.59 Å². The van der Waals surface area contributed by atoms with Gasteiger partial charge >= 0.3 is 13.1 Å². The Labute approximate surface area is 143 Å². The molecule has 0 aromatic heterocycles. The Morgan fingerprint density at radius 1 is 1.38 bits per heavy atom. The van der Waals surface area contributed by atoms with E-state index in [-0.39, 0.29) is 24.2 Å². The van der Waals surface area contributed by atoms with E-state index >= 15 is 0 Å². The van der Waals surface area contributed by atoms with Gasteiger partial charge in [0.2, 0.25) is 5.91 Å². The highest BCUT2D eigenvalue weighted by atomic mass is 16.4. The molecule has 7 N–H and O–H groups in total. The number of piperidine rings is 1. The van der Waals surface area contributed by atoms with Gasteiger partial charge in [-0.1, -0.05) is 26.7 Å². The highest BCUT2D eigenvalue weighted by Crippen LogP contribution is 2.26. The maximum atomic E-state index is 12.1. The summed E-state index contributed by atoms with van der Waals surface area (Å²) in [6, 6.07) is -0.840. The van der Waals surface area contributed by atoms with E-state index in [0.29, 0.717) is 38.6 Å². The number of hydrogen-bond donors (Lipinski definition) is 6. The first-order valence-corrected chi connectivity index (χ1v) is 8.58. The third-order valence-electron chi connectivity index (χ3n) is 4.64. The molecule has 0 aliphatic carbocycles. The molecule has 24 heavy (non-hydrogen) atoms. The number of nitrogens with one attached hydrogen (secondary N) is 2. The molecule has 1 amide bonds. The molecule has 8 nitrogen and oxygen atoms in total. The quantitative estimate of drug-likeness (QED) is 0.240. The first kappa shape index (κ1) is 20.9. The number of unbranched alkanes of at least 4 members (excludes halogenated alkanes) is 1. The van der Waals surface area contributed by atoms with Gasteiger partial charge in [0.05, 0.1) is 6.04 Å². The van der Waals surface area contributed by atoms with Crippen LogP contribution in [-0.2, 0) is 9.59 Å². The summed E-state index contributed by atoms with van der Waals surface area (Å²) in [5.41, 5.74) is 4.74. The summed E-state index contributed by atoms with van der Waals surface area (Å²) < 4.78 is 0. The van der Waals surface area contributed by atoms with Crippen molar-refractivity contribution in [2.75, 3.05) is 6.54 Å². The Balaban J connectivity index is 2.63. The van der Waals surface area contributed by atoms with Crippen LogP contribution in [0.25, 0.3) is 0 Å². The minimum atomic E-state index is -1.37. The van der Waals surface area contributed by atoms with Crippen molar-refractivity contribution in [2.24, 2.45) is 11.7 Å². The molecule has 1 heterocycles. The maximum absolute atomic E-state index is 12.1. The van der Waals surface area contributed by atoms with E-state index < -0.39 is 24.7 Å². The molecule has 0 bridgehead atoms. The first-order valence-electron chi connectivity index (χ1n) is 8.58. The molecule has 9 heteroatoms. The normalized spacial score (nSPS) is 25.3. The van der Waals surface area contributed by atoms with Crippen LogP contribution < -0.4 is 16.4 Å². The average molecular weight is 343 g/mol. The van der Waals surface area contributed by atoms with Crippen molar-refractivity contribution in [3.63, 3.8) is 0 Å². The SMILES string of the molecule is CC(C)[C@@H](N)C(=O)N[C@H]1CCN[C@@](CCCCB(O)O)(C(=O)O)C1. The highest BCUT2D eigenvalue weighted by molar-refractivity contribution is 6.40. The molecule has 138 valence electrons. The largest absolute Gasteiger partial charge is 0.480 e. The lowest BCUT2D eigenvalue weighted by molar-refractivity contribution is -0.147. The average Bonchev–Trinajstić information content (AvgIpc) is 2.50. The van der Waals surface area contributed by atoms with Crippen LogP contribution in [0.4, 0.5) is 0 Å². The van der Waals surface area contributed by atoms with Crippen LogP contribution in [0.5, 0.6) is 0 Å². The van der Waals surface area contributed by atoms with E-state index in [1.165, 1.54) is 0 Å². The number of carboxylic acid groups (broad SMARTS) is 1. The number of rotatable bonds is 9. The van der Waals surface area contributed by atoms with Gasteiger partial charge in [0.15, 0.2) is 0 Å². The molecule has 3 atom stereocenters. The van der Waals surface area contributed by atoms with Crippen molar-refractivity contribution < 1.29 is 24.7 Å². The predicted octanol–water partition coefficient (Wildman–Crippen LogP) is -0.696. The van der Waals surface area contributed by atoms with Gasteiger partial charge in [0, 0.05) is 6.04 Å². The first-order chi connectivity index (χ1) is 11.2. The van der Waals surface area contributed by atoms with Gasteiger partial charge < -0.3 is 31.5 Å². The molecule has 1 aliphatic heterocycles. The lowest BCUT2D eigenvalue weighted by atomic mass is 9.78. The van der Waals surface area contributed by atoms with Crippen LogP contribution in [0.15, 0.2) is 0 Å². The summed E-state index contributed by atoms with van der Waals surface area (Å²) in [4.78, 5) is 23.9. The van der Waals surface area contributed by atoms with E-state index in [9.17, 15) is 14.7 Å². The van der Waals surface area contributed by atoms with Gasteiger partial charge in [-0.15, -0.1) is 0 Å². The van der Waals surface area contributed by atoms with Gasteiger partial charge in [-0.2, -0.15) is 0 Å². The molecule has 0 unspecified atom stereocenters. The second kappa shape index (κ2) is 9.36. The highest BCUT2D eigenvalue weighted by Gasteiger charge is 2.43. The molecule has 0 aromatic carbocycles. The smallest absolute Gasteiger partial charge is 0.451 e. The van der Waals surface area contributed by atoms with Crippen molar-refractivity contribution in [3.8, 4) is 0 Å². The van der Waals surface area contributed by atoms with Crippen LogP contribution in [0.1, 0.15) is 46.0 Å². The third kappa shape index (κ3) is 6.05. The zero-order valence-corrected chi connectivity index (χ0v) is 14.5. The number of aliphatic carboxylic acids is 1. The lowest BCUT2D eigenvalue weighted by Gasteiger charge is -2.39. The second-order valence-electron chi connectivity index (χ2n) is 7.01. The number of carbonyl (C=O) groups excluding carboxylic acids is 1. The summed E-state index contributed by atoms with van der Waals surface area (Å²) in [6.45, 7) is 4.23. The Morgan fingerprint density at radius 3 is 2.58 bits per heavy atom. The number of amides is 1. The molecule has 0 aromatic rings. The van der Waals surface area contributed by atoms with Crippen molar-refractivity contribution in [1.29, 1.82) is 0 Å². The minimum absolute atomic E-state index is 0.0147. The van der Waals surface area contributed by atoms with Crippen molar-refractivity contribution in [2.45, 2.75) is 69.9 Å². The Kier molecular flexibility index (Phi) is 8.15. The fraction of sp³-hybridized carbons (Fsp3) is 0.867. The number of carboxylic acids is 1. The van der Waals surface area contributed by atoms with E-state index in [1.54, 1.807) is 0 Å². The Bertz CT molecular complexity index is 435. The Morgan fingerprint density at radius 2 is 2.04 bits per heavy atom. The summed E-state index contributed by atoms with van der Waals surface area (Å²) in [5, 5.41) is 33.3. The number of carbonyl (C=O) groups is 2. The molecule has 0 radical (unpaired) electrons. The van der Waals surface area contributed by atoms with Gasteiger partial charge in [0.1, 0.15) is 5.54 Å². The van der Waals surface area contributed by atoms with Crippen molar-refractivity contribution in [3.05, 3.63) is 0 Å². The topological polar surface area (TPSA) is 145 Å². The monoisotopic (exact) mass is 343 g/mol. The summed E-state index contributed by atoms with van der Waals surface area (Å²) in [5.74, 6) is -1.18. The maximum Gasteiger partial charge on any atom is 0.451 e. The van der Waals surface area contributed by atoms with Crippen molar-refractivity contribution >= 4 is 19.0 Å². The molecule has 0 spiro atoms. The van der Waals surface area contributed by atoms with Crippen LogP contribution in [0, 0.1) is 5.92 Å². The summed E-state index contributed by atoms with van der Waals surface area (Å²) >= 11 is 0. The number of hydrogen-bond acceptors (Lipinski definition) is 6. The zero-order chi connectivity index (χ0) is 18.3. The zero-order valence-electron chi connectivity index (χ0n) is 14.5.